The summed E-state index contributed by atoms with van der Waals surface area (Å²) in [6.07, 6.45) is 69.8. The Balaban J connectivity index is 3.78. The van der Waals surface area contributed by atoms with E-state index in [-0.39, 0.29) is 31.1 Å². The third kappa shape index (κ3) is 56.7. The van der Waals surface area contributed by atoms with Gasteiger partial charge in [-0.1, -0.05) is 295 Å². The maximum absolute atomic E-state index is 12.7. The lowest BCUT2D eigenvalue weighted by Crippen LogP contribution is -2.30. The summed E-state index contributed by atoms with van der Waals surface area (Å²) in [7, 11) is 0. The van der Waals surface area contributed by atoms with Crippen molar-refractivity contribution in [2.24, 2.45) is 0 Å². The lowest BCUT2D eigenvalue weighted by molar-refractivity contribution is -0.167. The quantitative estimate of drug-likeness (QED) is 0.0261. The van der Waals surface area contributed by atoms with Crippen LogP contribution in [0.25, 0.3) is 0 Å². The number of hydrogen-bond donors (Lipinski definition) is 0. The van der Waals surface area contributed by atoms with E-state index in [2.05, 4.69) is 45.1 Å². The average molecular weight is 972 g/mol. The second kappa shape index (κ2) is 58.5. The Morgan fingerprint density at radius 3 is 0.797 bits per heavy atom. The number of rotatable bonds is 57. The van der Waals surface area contributed by atoms with Crippen molar-refractivity contribution in [2.75, 3.05) is 13.2 Å². The summed E-state index contributed by atoms with van der Waals surface area (Å²) in [4.78, 5) is 37.7. The summed E-state index contributed by atoms with van der Waals surface area (Å²) in [5.41, 5.74) is 0. The summed E-state index contributed by atoms with van der Waals surface area (Å²) >= 11 is 0. The van der Waals surface area contributed by atoms with E-state index in [9.17, 15) is 14.4 Å². The largest absolute Gasteiger partial charge is 0.462 e. The first-order valence-electron chi connectivity index (χ1n) is 30.8. The Bertz CT molecular complexity index is 1110. The smallest absolute Gasteiger partial charge is 0.306 e. The number of unbranched alkanes of at least 4 members (excludes halogenated alkanes) is 42. The van der Waals surface area contributed by atoms with Crippen LogP contribution in [0.15, 0.2) is 24.3 Å². The van der Waals surface area contributed by atoms with Gasteiger partial charge in [-0.15, -0.1) is 0 Å². The van der Waals surface area contributed by atoms with E-state index in [1.165, 1.54) is 231 Å². The van der Waals surface area contributed by atoms with Crippen LogP contribution in [-0.4, -0.2) is 37.2 Å². The van der Waals surface area contributed by atoms with Gasteiger partial charge in [0.15, 0.2) is 6.10 Å². The molecule has 0 aromatic rings. The van der Waals surface area contributed by atoms with Gasteiger partial charge in [0, 0.05) is 19.3 Å². The number of ether oxygens (including phenoxy) is 3. The molecule has 0 aliphatic heterocycles. The van der Waals surface area contributed by atoms with E-state index in [1.807, 2.05) is 0 Å². The molecule has 0 saturated carbocycles. The van der Waals surface area contributed by atoms with E-state index < -0.39 is 6.10 Å². The average Bonchev–Trinajstić information content (AvgIpc) is 3.35. The van der Waals surface area contributed by atoms with Crippen LogP contribution < -0.4 is 0 Å². The molecular weight excluding hydrogens is 853 g/mol. The Morgan fingerprint density at radius 2 is 0.522 bits per heavy atom. The van der Waals surface area contributed by atoms with Crippen LogP contribution >= 0.6 is 0 Å². The molecule has 0 aliphatic rings. The van der Waals surface area contributed by atoms with Crippen molar-refractivity contribution in [3.8, 4) is 0 Å². The minimum atomic E-state index is -0.760. The zero-order chi connectivity index (χ0) is 50.0. The van der Waals surface area contributed by atoms with Crippen LogP contribution in [-0.2, 0) is 28.6 Å². The van der Waals surface area contributed by atoms with Gasteiger partial charge >= 0.3 is 17.9 Å². The van der Waals surface area contributed by atoms with Gasteiger partial charge in [0.05, 0.1) is 0 Å². The number of esters is 3. The standard InChI is InChI=1S/C63H118O6/c1-4-7-10-13-15-17-19-20-21-22-23-24-25-26-27-28-29-30-31-32-33-34-35-36-37-38-39-40-41-42-44-45-47-50-53-56-62(65)68-59-60(58-67-61(64)55-52-49-12-9-6-3)69-63(66)57-54-51-48-46-43-18-16-14-11-8-5-2/h19-20,22-23,60H,4-18,21,24-59H2,1-3H3/b20-19-,23-22-. The number of hydrogen-bond acceptors (Lipinski definition) is 6. The second-order valence-corrected chi connectivity index (χ2v) is 21.0. The Hall–Kier alpha value is -2.11. The van der Waals surface area contributed by atoms with Crippen molar-refractivity contribution in [3.63, 3.8) is 0 Å². The minimum absolute atomic E-state index is 0.0653. The van der Waals surface area contributed by atoms with Crippen LogP contribution in [0.3, 0.4) is 0 Å². The molecule has 1 atom stereocenters. The van der Waals surface area contributed by atoms with Crippen molar-refractivity contribution < 1.29 is 28.6 Å². The lowest BCUT2D eigenvalue weighted by atomic mass is 10.0. The second-order valence-electron chi connectivity index (χ2n) is 21.0. The van der Waals surface area contributed by atoms with E-state index >= 15 is 0 Å². The van der Waals surface area contributed by atoms with E-state index in [4.69, 9.17) is 14.2 Å². The summed E-state index contributed by atoms with van der Waals surface area (Å²) in [5, 5.41) is 0. The fraction of sp³-hybridized carbons (Fsp3) is 0.889. The maximum Gasteiger partial charge on any atom is 0.306 e. The first-order chi connectivity index (χ1) is 34.0. The molecule has 69 heavy (non-hydrogen) atoms. The SMILES string of the molecule is CCCCCCC/C=C\C/C=C\CCCCCCCCCCCCCCCCCCCCCCCCCC(=O)OCC(COC(=O)CCCCCCC)OC(=O)CCCCCCCCCCCCC. The van der Waals surface area contributed by atoms with E-state index in [1.54, 1.807) is 0 Å². The Morgan fingerprint density at radius 1 is 0.290 bits per heavy atom. The molecule has 1 unspecified atom stereocenters. The topological polar surface area (TPSA) is 78.9 Å². The molecular formula is C63H118O6. The summed E-state index contributed by atoms with van der Waals surface area (Å²) in [6.45, 7) is 6.58. The van der Waals surface area contributed by atoms with Gasteiger partial charge in [0.2, 0.25) is 0 Å². The number of carbonyl (C=O) groups is 3. The summed E-state index contributed by atoms with van der Waals surface area (Å²) in [6, 6.07) is 0. The molecule has 406 valence electrons. The number of carbonyl (C=O) groups excluding carboxylic acids is 3. The molecule has 0 heterocycles. The van der Waals surface area contributed by atoms with Crippen molar-refractivity contribution in [2.45, 2.75) is 348 Å². The van der Waals surface area contributed by atoms with Crippen LogP contribution in [0.5, 0.6) is 0 Å². The fourth-order valence-electron chi connectivity index (χ4n) is 9.30. The van der Waals surface area contributed by atoms with Gasteiger partial charge in [-0.25, -0.2) is 0 Å². The Kier molecular flexibility index (Phi) is 56.7. The predicted octanol–water partition coefficient (Wildman–Crippen LogP) is 20.7. The maximum atomic E-state index is 12.7. The fourth-order valence-corrected chi connectivity index (χ4v) is 9.30. The van der Waals surface area contributed by atoms with E-state index in [0.29, 0.717) is 19.3 Å². The molecule has 0 aromatic heterocycles. The predicted molar refractivity (Wildman–Crippen MR) is 298 cm³/mol. The molecule has 0 N–H and O–H groups in total. The van der Waals surface area contributed by atoms with Gasteiger partial charge < -0.3 is 14.2 Å². The van der Waals surface area contributed by atoms with Crippen LogP contribution in [0.1, 0.15) is 342 Å². The lowest BCUT2D eigenvalue weighted by Gasteiger charge is -2.18. The van der Waals surface area contributed by atoms with Crippen LogP contribution in [0.2, 0.25) is 0 Å². The van der Waals surface area contributed by atoms with Crippen molar-refractivity contribution in [1.29, 1.82) is 0 Å². The molecule has 0 rings (SSSR count). The molecule has 0 bridgehead atoms. The van der Waals surface area contributed by atoms with Crippen LogP contribution in [0.4, 0.5) is 0 Å². The van der Waals surface area contributed by atoms with Gasteiger partial charge in [0.25, 0.3) is 0 Å². The molecule has 0 radical (unpaired) electrons. The minimum Gasteiger partial charge on any atom is -0.462 e. The third-order valence-electron chi connectivity index (χ3n) is 14.0. The summed E-state index contributed by atoms with van der Waals surface area (Å²) < 4.78 is 16.7. The Labute approximate surface area is 430 Å². The van der Waals surface area contributed by atoms with Gasteiger partial charge in [0.1, 0.15) is 13.2 Å². The highest BCUT2D eigenvalue weighted by Gasteiger charge is 2.19. The molecule has 0 fully saturated rings. The molecule has 6 heteroatoms. The van der Waals surface area contributed by atoms with Crippen molar-refractivity contribution in [1.82, 2.24) is 0 Å². The normalized spacial score (nSPS) is 12.1. The first kappa shape index (κ1) is 66.9. The summed E-state index contributed by atoms with van der Waals surface area (Å²) in [5.74, 6) is -0.862. The van der Waals surface area contributed by atoms with Gasteiger partial charge in [-0.2, -0.15) is 0 Å². The highest BCUT2D eigenvalue weighted by molar-refractivity contribution is 5.71. The molecule has 0 aromatic carbocycles. The highest BCUT2D eigenvalue weighted by atomic mass is 16.6. The van der Waals surface area contributed by atoms with Crippen LogP contribution in [0, 0.1) is 0 Å². The van der Waals surface area contributed by atoms with Crippen molar-refractivity contribution in [3.05, 3.63) is 24.3 Å². The molecule has 0 aliphatic carbocycles. The molecule has 0 spiro atoms. The van der Waals surface area contributed by atoms with Gasteiger partial charge in [-0.3, -0.25) is 14.4 Å². The third-order valence-corrected chi connectivity index (χ3v) is 14.0. The molecule has 0 amide bonds. The molecule has 6 nitrogen and oxygen atoms in total. The molecule has 0 saturated heterocycles. The highest BCUT2D eigenvalue weighted by Crippen LogP contribution is 2.18. The monoisotopic (exact) mass is 971 g/mol. The van der Waals surface area contributed by atoms with E-state index in [0.717, 1.165) is 70.6 Å². The zero-order valence-corrected chi connectivity index (χ0v) is 46.6. The first-order valence-corrected chi connectivity index (χ1v) is 30.8. The van der Waals surface area contributed by atoms with Gasteiger partial charge in [-0.05, 0) is 51.4 Å². The zero-order valence-electron chi connectivity index (χ0n) is 46.6. The van der Waals surface area contributed by atoms with Crippen molar-refractivity contribution >= 4 is 17.9 Å². The number of allylic oxidation sites excluding steroid dienone is 4.